The summed E-state index contributed by atoms with van der Waals surface area (Å²) in [6.45, 7) is 4.38. The van der Waals surface area contributed by atoms with E-state index in [1.807, 2.05) is 92.7 Å². The molecule has 7 heteroatoms. The molecule has 0 saturated carbocycles. The van der Waals surface area contributed by atoms with Crippen LogP contribution in [0.25, 0.3) is 0 Å². The fourth-order valence-electron chi connectivity index (χ4n) is 3.89. The van der Waals surface area contributed by atoms with Crippen LogP contribution in [0.3, 0.4) is 0 Å². The standard InChI is InChI=1S/C30H35BrN2O3S/c1-4-22(2)32-30(35)28(18-23-9-6-5-7-10-23)33(19-25-11-8-12-26(31)17-25)29(34)21-37-20-24-13-15-27(36-3)16-14-24/h5-17,22,28H,4,18-21H2,1-3H3,(H,32,35)/t22-,28-/m1/s1. The van der Waals surface area contributed by atoms with Gasteiger partial charge in [0, 0.05) is 29.2 Å². The molecule has 3 aromatic rings. The molecule has 0 radical (unpaired) electrons. The minimum atomic E-state index is -0.621. The van der Waals surface area contributed by atoms with Crippen molar-refractivity contribution in [1.82, 2.24) is 10.2 Å². The van der Waals surface area contributed by atoms with E-state index < -0.39 is 6.04 Å². The first-order chi connectivity index (χ1) is 17.9. The van der Waals surface area contributed by atoms with Crippen molar-refractivity contribution < 1.29 is 14.3 Å². The minimum Gasteiger partial charge on any atom is -0.497 e. The summed E-state index contributed by atoms with van der Waals surface area (Å²) in [5.74, 6) is 1.60. The molecule has 0 aliphatic carbocycles. The normalized spacial score (nSPS) is 12.4. The van der Waals surface area contributed by atoms with Gasteiger partial charge in [0.15, 0.2) is 0 Å². The summed E-state index contributed by atoms with van der Waals surface area (Å²) in [6, 6.07) is 25.0. The first kappa shape index (κ1) is 28.8. The molecule has 2 amide bonds. The number of nitrogens with one attached hydrogen (secondary N) is 1. The number of ether oxygens (including phenoxy) is 1. The van der Waals surface area contributed by atoms with Crippen LogP contribution in [0.5, 0.6) is 5.75 Å². The summed E-state index contributed by atoms with van der Waals surface area (Å²) >= 11 is 5.08. The summed E-state index contributed by atoms with van der Waals surface area (Å²) in [4.78, 5) is 29.0. The third kappa shape index (κ3) is 9.24. The Hall–Kier alpha value is -2.77. The van der Waals surface area contributed by atoms with Crippen LogP contribution in [0.1, 0.15) is 37.0 Å². The highest BCUT2D eigenvalue weighted by atomic mass is 79.9. The summed E-state index contributed by atoms with van der Waals surface area (Å²) in [5, 5.41) is 3.11. The van der Waals surface area contributed by atoms with Crippen LogP contribution in [0.15, 0.2) is 83.3 Å². The maximum Gasteiger partial charge on any atom is 0.243 e. The summed E-state index contributed by atoms with van der Waals surface area (Å²) in [6.07, 6.45) is 1.27. The Bertz CT molecular complexity index is 1140. The van der Waals surface area contributed by atoms with Gasteiger partial charge in [0.1, 0.15) is 11.8 Å². The van der Waals surface area contributed by atoms with Gasteiger partial charge >= 0.3 is 0 Å². The van der Waals surface area contributed by atoms with Crippen LogP contribution in [-0.4, -0.2) is 41.7 Å². The molecular formula is C30H35BrN2O3S. The molecule has 2 atom stereocenters. The van der Waals surface area contributed by atoms with Gasteiger partial charge in [0.2, 0.25) is 11.8 Å². The van der Waals surface area contributed by atoms with Crippen molar-refractivity contribution in [2.45, 2.75) is 51.1 Å². The lowest BCUT2D eigenvalue weighted by Gasteiger charge is -2.32. The average Bonchev–Trinajstić information content (AvgIpc) is 2.91. The van der Waals surface area contributed by atoms with E-state index in [1.54, 1.807) is 23.8 Å². The maximum atomic E-state index is 13.7. The van der Waals surface area contributed by atoms with Gasteiger partial charge in [-0.25, -0.2) is 0 Å². The lowest BCUT2D eigenvalue weighted by molar-refractivity contribution is -0.139. The second-order valence-corrected chi connectivity index (χ2v) is 10.9. The molecule has 0 saturated heterocycles. The molecular weight excluding hydrogens is 548 g/mol. The Morgan fingerprint density at radius 1 is 0.973 bits per heavy atom. The number of hydrogen-bond acceptors (Lipinski definition) is 4. The number of hydrogen-bond donors (Lipinski definition) is 1. The number of benzene rings is 3. The highest BCUT2D eigenvalue weighted by Gasteiger charge is 2.30. The van der Waals surface area contributed by atoms with Crippen LogP contribution in [-0.2, 0) is 28.3 Å². The van der Waals surface area contributed by atoms with E-state index in [0.29, 0.717) is 18.7 Å². The molecule has 0 bridgehead atoms. The van der Waals surface area contributed by atoms with Crippen LogP contribution in [0.2, 0.25) is 0 Å². The van der Waals surface area contributed by atoms with Crippen molar-refractivity contribution in [1.29, 1.82) is 0 Å². The van der Waals surface area contributed by atoms with Crippen molar-refractivity contribution in [2.75, 3.05) is 12.9 Å². The summed E-state index contributed by atoms with van der Waals surface area (Å²) in [7, 11) is 1.64. The Labute approximate surface area is 233 Å². The lowest BCUT2D eigenvalue weighted by atomic mass is 10.0. The molecule has 196 valence electrons. The molecule has 0 fully saturated rings. The number of methoxy groups -OCH3 is 1. The van der Waals surface area contributed by atoms with Crippen molar-refractivity contribution in [3.8, 4) is 5.75 Å². The van der Waals surface area contributed by atoms with Gasteiger partial charge in [-0.15, -0.1) is 11.8 Å². The van der Waals surface area contributed by atoms with Gasteiger partial charge in [-0.1, -0.05) is 77.5 Å². The molecule has 37 heavy (non-hydrogen) atoms. The fraction of sp³-hybridized carbons (Fsp3) is 0.333. The second-order valence-electron chi connectivity index (χ2n) is 9.02. The molecule has 3 aromatic carbocycles. The number of thioether (sulfide) groups is 1. The Kier molecular flexibility index (Phi) is 11.5. The molecule has 0 unspecified atom stereocenters. The van der Waals surface area contributed by atoms with E-state index >= 15 is 0 Å². The fourth-order valence-corrected chi connectivity index (χ4v) is 5.21. The van der Waals surface area contributed by atoms with Gasteiger partial charge in [0.25, 0.3) is 0 Å². The van der Waals surface area contributed by atoms with E-state index in [1.165, 1.54) is 0 Å². The molecule has 0 spiro atoms. The molecule has 0 aliphatic heterocycles. The van der Waals surface area contributed by atoms with Crippen molar-refractivity contribution in [3.63, 3.8) is 0 Å². The first-order valence-electron chi connectivity index (χ1n) is 12.5. The number of nitrogens with zero attached hydrogens (tertiary/aromatic N) is 1. The van der Waals surface area contributed by atoms with Gasteiger partial charge in [-0.2, -0.15) is 0 Å². The minimum absolute atomic E-state index is 0.0260. The largest absolute Gasteiger partial charge is 0.497 e. The van der Waals surface area contributed by atoms with E-state index in [0.717, 1.165) is 33.3 Å². The Balaban J connectivity index is 1.83. The van der Waals surface area contributed by atoms with Crippen molar-refractivity contribution in [2.24, 2.45) is 0 Å². The smallest absolute Gasteiger partial charge is 0.243 e. The Morgan fingerprint density at radius 2 is 1.68 bits per heavy atom. The number of rotatable bonds is 13. The zero-order valence-electron chi connectivity index (χ0n) is 21.7. The van der Waals surface area contributed by atoms with Crippen LogP contribution < -0.4 is 10.1 Å². The third-order valence-corrected chi connectivity index (χ3v) is 7.65. The van der Waals surface area contributed by atoms with E-state index in [2.05, 4.69) is 21.2 Å². The topological polar surface area (TPSA) is 58.6 Å². The van der Waals surface area contributed by atoms with Crippen LogP contribution >= 0.6 is 27.7 Å². The number of amides is 2. The van der Waals surface area contributed by atoms with Gasteiger partial charge in [-0.3, -0.25) is 9.59 Å². The average molecular weight is 584 g/mol. The zero-order valence-corrected chi connectivity index (χ0v) is 24.1. The molecule has 5 nitrogen and oxygen atoms in total. The highest BCUT2D eigenvalue weighted by Crippen LogP contribution is 2.21. The van der Waals surface area contributed by atoms with Crippen LogP contribution in [0.4, 0.5) is 0 Å². The molecule has 1 N–H and O–H groups in total. The number of carbonyl (C=O) groups excluding carboxylic acids is 2. The van der Waals surface area contributed by atoms with Crippen molar-refractivity contribution >= 4 is 39.5 Å². The number of carbonyl (C=O) groups is 2. The molecule has 0 heterocycles. The quantitative estimate of drug-likeness (QED) is 0.259. The predicted octanol–water partition coefficient (Wildman–Crippen LogP) is 6.25. The van der Waals surface area contributed by atoms with E-state index in [4.69, 9.17) is 4.74 Å². The van der Waals surface area contributed by atoms with Crippen LogP contribution in [0, 0.1) is 0 Å². The summed E-state index contributed by atoms with van der Waals surface area (Å²) in [5.41, 5.74) is 3.11. The van der Waals surface area contributed by atoms with Gasteiger partial charge < -0.3 is 15.0 Å². The van der Waals surface area contributed by atoms with Gasteiger partial charge in [0.05, 0.1) is 12.9 Å². The Morgan fingerprint density at radius 3 is 2.32 bits per heavy atom. The first-order valence-corrected chi connectivity index (χ1v) is 14.4. The monoisotopic (exact) mass is 582 g/mol. The van der Waals surface area contributed by atoms with E-state index in [9.17, 15) is 9.59 Å². The predicted molar refractivity (Wildman–Crippen MR) is 156 cm³/mol. The van der Waals surface area contributed by atoms with E-state index in [-0.39, 0.29) is 23.6 Å². The third-order valence-electron chi connectivity index (χ3n) is 6.17. The molecule has 0 aromatic heterocycles. The zero-order chi connectivity index (χ0) is 26.6. The molecule has 0 aliphatic rings. The maximum absolute atomic E-state index is 13.7. The highest BCUT2D eigenvalue weighted by molar-refractivity contribution is 9.10. The molecule has 3 rings (SSSR count). The number of halogens is 1. The summed E-state index contributed by atoms with van der Waals surface area (Å²) < 4.78 is 6.17. The second kappa shape index (κ2) is 14.8. The SMILES string of the molecule is CC[C@@H](C)NC(=O)[C@@H](Cc1ccccc1)N(Cc1cccc(Br)c1)C(=O)CSCc1ccc(OC)cc1. The van der Waals surface area contributed by atoms with Crippen molar-refractivity contribution in [3.05, 3.63) is 100 Å². The van der Waals surface area contributed by atoms with Gasteiger partial charge in [-0.05, 0) is 54.3 Å². The lowest BCUT2D eigenvalue weighted by Crippen LogP contribution is -2.52.